The second kappa shape index (κ2) is 5.41. The molecular formula is C16H16O2. The first-order chi connectivity index (χ1) is 8.69. The fourth-order valence-corrected chi connectivity index (χ4v) is 1.76. The summed E-state index contributed by atoms with van der Waals surface area (Å²) in [5.41, 5.74) is 3.38. The van der Waals surface area contributed by atoms with Crippen molar-refractivity contribution in [3.63, 3.8) is 0 Å². The molecule has 0 spiro atoms. The van der Waals surface area contributed by atoms with Crippen LogP contribution < -0.4 is 4.74 Å². The summed E-state index contributed by atoms with van der Waals surface area (Å²) in [5.74, 6) is 0.645. The van der Waals surface area contributed by atoms with Crippen molar-refractivity contribution in [2.45, 2.75) is 6.92 Å². The number of aryl methyl sites for hydroxylation is 1. The van der Waals surface area contributed by atoms with E-state index >= 15 is 0 Å². The molecule has 0 unspecified atom stereocenters. The molecule has 0 saturated carbocycles. The Hall–Kier alpha value is -2.22. The number of ether oxygens (including phenoxy) is 1. The Morgan fingerprint density at radius 1 is 1.00 bits per heavy atom. The van der Waals surface area contributed by atoms with Crippen LogP contribution in [-0.4, -0.2) is 12.2 Å². The predicted octanol–water partition coefficient (Wildman–Crippen LogP) is 3.88. The van der Waals surface area contributed by atoms with Crippen molar-refractivity contribution < 1.29 is 9.84 Å². The molecule has 0 aliphatic carbocycles. The zero-order valence-corrected chi connectivity index (χ0v) is 10.6. The number of hydrogen-bond donors (Lipinski definition) is 1. The monoisotopic (exact) mass is 240 g/mol. The maximum absolute atomic E-state index is 9.51. The lowest BCUT2D eigenvalue weighted by Crippen LogP contribution is -1.84. The van der Waals surface area contributed by atoms with Crippen molar-refractivity contribution in [2.75, 3.05) is 7.11 Å². The topological polar surface area (TPSA) is 29.5 Å². The minimum atomic E-state index is 0.158. The maximum atomic E-state index is 9.51. The summed E-state index contributed by atoms with van der Waals surface area (Å²) >= 11 is 0. The molecule has 0 aliphatic rings. The molecule has 2 aromatic carbocycles. The SMILES string of the molecule is COc1cc(/C=C/c2cccc(C)c2)ccc1O. The lowest BCUT2D eigenvalue weighted by atomic mass is 10.1. The number of rotatable bonds is 3. The quantitative estimate of drug-likeness (QED) is 0.825. The Labute approximate surface area is 107 Å². The third kappa shape index (κ3) is 2.92. The highest BCUT2D eigenvalue weighted by molar-refractivity contribution is 5.71. The molecule has 0 saturated heterocycles. The predicted molar refractivity (Wildman–Crippen MR) is 74.8 cm³/mol. The number of phenolic OH excluding ortho intramolecular Hbond substituents is 1. The van der Waals surface area contributed by atoms with E-state index in [4.69, 9.17) is 4.74 Å². The number of methoxy groups -OCH3 is 1. The van der Waals surface area contributed by atoms with E-state index in [1.165, 1.54) is 5.56 Å². The summed E-state index contributed by atoms with van der Waals surface area (Å²) < 4.78 is 5.07. The van der Waals surface area contributed by atoms with Gasteiger partial charge in [0.25, 0.3) is 0 Å². The summed E-state index contributed by atoms with van der Waals surface area (Å²) in [4.78, 5) is 0. The molecule has 0 atom stereocenters. The average molecular weight is 240 g/mol. The number of phenols is 1. The minimum absolute atomic E-state index is 0.158. The highest BCUT2D eigenvalue weighted by Crippen LogP contribution is 2.27. The molecule has 92 valence electrons. The minimum Gasteiger partial charge on any atom is -0.504 e. The van der Waals surface area contributed by atoms with Gasteiger partial charge < -0.3 is 9.84 Å². The van der Waals surface area contributed by atoms with Crippen molar-refractivity contribution in [1.82, 2.24) is 0 Å². The van der Waals surface area contributed by atoms with Crippen molar-refractivity contribution in [3.8, 4) is 11.5 Å². The van der Waals surface area contributed by atoms with E-state index in [0.29, 0.717) is 5.75 Å². The standard InChI is InChI=1S/C16H16O2/c1-12-4-3-5-13(10-12)6-7-14-8-9-15(17)16(11-14)18-2/h3-11,17H,1-2H3/b7-6+. The second-order valence-electron chi connectivity index (χ2n) is 4.18. The summed E-state index contributed by atoms with van der Waals surface area (Å²) in [6, 6.07) is 13.6. The van der Waals surface area contributed by atoms with Gasteiger partial charge in [-0.15, -0.1) is 0 Å². The first-order valence-corrected chi connectivity index (χ1v) is 5.81. The first kappa shape index (κ1) is 12.2. The summed E-state index contributed by atoms with van der Waals surface area (Å²) in [6.45, 7) is 2.07. The molecule has 0 amide bonds. The van der Waals surface area contributed by atoms with Crippen LogP contribution in [-0.2, 0) is 0 Å². The van der Waals surface area contributed by atoms with E-state index in [1.54, 1.807) is 13.2 Å². The average Bonchev–Trinajstić information content (AvgIpc) is 2.38. The van der Waals surface area contributed by atoms with Crippen LogP contribution >= 0.6 is 0 Å². The Kier molecular flexibility index (Phi) is 3.68. The second-order valence-corrected chi connectivity index (χ2v) is 4.18. The van der Waals surface area contributed by atoms with E-state index in [0.717, 1.165) is 11.1 Å². The molecular weight excluding hydrogens is 224 g/mol. The summed E-state index contributed by atoms with van der Waals surface area (Å²) in [6.07, 6.45) is 4.04. The highest BCUT2D eigenvalue weighted by atomic mass is 16.5. The maximum Gasteiger partial charge on any atom is 0.161 e. The zero-order valence-electron chi connectivity index (χ0n) is 10.6. The van der Waals surface area contributed by atoms with Crippen molar-refractivity contribution in [3.05, 3.63) is 59.2 Å². The Balaban J connectivity index is 2.23. The van der Waals surface area contributed by atoms with Gasteiger partial charge in [-0.05, 0) is 30.2 Å². The molecule has 0 aliphatic heterocycles. The van der Waals surface area contributed by atoms with Crippen LogP contribution in [0.4, 0.5) is 0 Å². The Morgan fingerprint density at radius 2 is 1.72 bits per heavy atom. The van der Waals surface area contributed by atoms with Gasteiger partial charge in [0.2, 0.25) is 0 Å². The van der Waals surface area contributed by atoms with Crippen molar-refractivity contribution >= 4 is 12.2 Å². The molecule has 2 rings (SSSR count). The fraction of sp³-hybridized carbons (Fsp3) is 0.125. The molecule has 0 heterocycles. The number of hydrogen-bond acceptors (Lipinski definition) is 2. The molecule has 2 nitrogen and oxygen atoms in total. The molecule has 0 aromatic heterocycles. The zero-order chi connectivity index (χ0) is 13.0. The lowest BCUT2D eigenvalue weighted by molar-refractivity contribution is 0.373. The van der Waals surface area contributed by atoms with Crippen LogP contribution in [0.3, 0.4) is 0 Å². The van der Waals surface area contributed by atoms with E-state index in [2.05, 4.69) is 25.1 Å². The van der Waals surface area contributed by atoms with Gasteiger partial charge in [0.05, 0.1) is 7.11 Å². The van der Waals surface area contributed by atoms with Crippen LogP contribution in [0.1, 0.15) is 16.7 Å². The van der Waals surface area contributed by atoms with Crippen molar-refractivity contribution in [1.29, 1.82) is 0 Å². The molecule has 2 aromatic rings. The number of aromatic hydroxyl groups is 1. The van der Waals surface area contributed by atoms with E-state index in [-0.39, 0.29) is 5.75 Å². The Bertz CT molecular complexity index is 571. The van der Waals surface area contributed by atoms with Gasteiger partial charge in [0, 0.05) is 0 Å². The first-order valence-electron chi connectivity index (χ1n) is 5.81. The molecule has 0 radical (unpaired) electrons. The lowest BCUT2D eigenvalue weighted by Gasteiger charge is -2.03. The molecule has 2 heteroatoms. The third-order valence-electron chi connectivity index (χ3n) is 2.71. The largest absolute Gasteiger partial charge is 0.504 e. The van der Waals surface area contributed by atoms with Gasteiger partial charge in [-0.1, -0.05) is 48.0 Å². The van der Waals surface area contributed by atoms with Crippen LogP contribution in [0.15, 0.2) is 42.5 Å². The third-order valence-corrected chi connectivity index (χ3v) is 2.71. The van der Waals surface area contributed by atoms with Crippen LogP contribution in [0.5, 0.6) is 11.5 Å². The van der Waals surface area contributed by atoms with Crippen LogP contribution in [0, 0.1) is 6.92 Å². The van der Waals surface area contributed by atoms with Gasteiger partial charge >= 0.3 is 0 Å². The van der Waals surface area contributed by atoms with Gasteiger partial charge in [-0.3, -0.25) is 0 Å². The molecule has 0 bridgehead atoms. The molecule has 18 heavy (non-hydrogen) atoms. The van der Waals surface area contributed by atoms with Gasteiger partial charge in [0.15, 0.2) is 11.5 Å². The van der Waals surface area contributed by atoms with Crippen molar-refractivity contribution in [2.24, 2.45) is 0 Å². The van der Waals surface area contributed by atoms with E-state index in [1.807, 2.05) is 30.4 Å². The van der Waals surface area contributed by atoms with Gasteiger partial charge in [-0.25, -0.2) is 0 Å². The molecule has 1 N–H and O–H groups in total. The highest BCUT2D eigenvalue weighted by Gasteiger charge is 2.00. The fourth-order valence-electron chi connectivity index (χ4n) is 1.76. The smallest absolute Gasteiger partial charge is 0.161 e. The van der Waals surface area contributed by atoms with Gasteiger partial charge in [-0.2, -0.15) is 0 Å². The van der Waals surface area contributed by atoms with Crippen LogP contribution in [0.25, 0.3) is 12.2 Å². The summed E-state index contributed by atoms with van der Waals surface area (Å²) in [7, 11) is 1.54. The van der Waals surface area contributed by atoms with E-state index in [9.17, 15) is 5.11 Å². The van der Waals surface area contributed by atoms with Crippen LogP contribution in [0.2, 0.25) is 0 Å². The molecule has 0 fully saturated rings. The van der Waals surface area contributed by atoms with Gasteiger partial charge in [0.1, 0.15) is 0 Å². The summed E-state index contributed by atoms with van der Waals surface area (Å²) in [5, 5.41) is 9.51. The Morgan fingerprint density at radius 3 is 2.39 bits per heavy atom. The van der Waals surface area contributed by atoms with E-state index < -0.39 is 0 Å². The normalized spacial score (nSPS) is 10.8. The number of benzene rings is 2.